The number of carbonyl (C=O) groups excluding carboxylic acids is 1. The summed E-state index contributed by atoms with van der Waals surface area (Å²) < 4.78 is 33.4. The van der Waals surface area contributed by atoms with Gasteiger partial charge in [-0.2, -0.15) is 17.7 Å². The second-order valence-electron chi connectivity index (χ2n) is 8.39. The Hall–Kier alpha value is -3.17. The average Bonchev–Trinajstić information content (AvgIpc) is 2.93. The predicted molar refractivity (Wildman–Crippen MR) is 143 cm³/mol. The van der Waals surface area contributed by atoms with E-state index < -0.39 is 10.1 Å². The van der Waals surface area contributed by atoms with Gasteiger partial charge < -0.3 is 14.8 Å². The van der Waals surface area contributed by atoms with Crippen LogP contribution in [0.1, 0.15) is 5.56 Å². The molecule has 8 heteroatoms. The topological polar surface area (TPSA) is 104 Å². The van der Waals surface area contributed by atoms with Crippen LogP contribution in [-0.4, -0.2) is 24.7 Å². The third-order valence-corrected chi connectivity index (χ3v) is 6.98. The Balaban J connectivity index is 0.00000178. The largest absolute Gasteiger partial charge is 1.00 e. The first-order valence-corrected chi connectivity index (χ1v) is 12.7. The zero-order valence-electron chi connectivity index (χ0n) is 21.5. The molecule has 0 saturated heterocycles. The quantitative estimate of drug-likeness (QED) is 0.185. The number of hydrogen-bond acceptors (Lipinski definition) is 5. The van der Waals surface area contributed by atoms with E-state index in [0.29, 0.717) is 5.56 Å². The molecule has 0 heterocycles. The zero-order valence-corrected chi connectivity index (χ0v) is 22.4. The molecule has 0 aromatic heterocycles. The van der Waals surface area contributed by atoms with Crippen molar-refractivity contribution in [2.75, 3.05) is 0 Å². The van der Waals surface area contributed by atoms with Gasteiger partial charge in [0.05, 0.1) is 11.2 Å². The van der Waals surface area contributed by atoms with Crippen molar-refractivity contribution in [3.8, 4) is 44.5 Å². The molecule has 39 heavy (non-hydrogen) atoms. The van der Waals surface area contributed by atoms with Crippen LogP contribution in [0.25, 0.3) is 44.5 Å². The third-order valence-electron chi connectivity index (χ3n) is 6.13. The molecule has 0 spiro atoms. The Kier molecular flexibility index (Phi) is 11.3. The Morgan fingerprint density at radius 3 is 0.846 bits per heavy atom. The summed E-state index contributed by atoms with van der Waals surface area (Å²) >= 11 is 0. The predicted octanol–water partition coefficient (Wildman–Crippen LogP) is 0.548. The molecule has 0 fully saturated rings. The normalized spacial score (nSPS) is 10.4. The molecule has 5 aromatic rings. The minimum atomic E-state index is -4.45. The second-order valence-corrected chi connectivity index (χ2v) is 9.77. The molecule has 5 rings (SSSR count). The van der Waals surface area contributed by atoms with Crippen molar-refractivity contribution in [3.63, 3.8) is 0 Å². The number of rotatable bonds is 6. The van der Waals surface area contributed by atoms with Crippen LogP contribution in [0.3, 0.4) is 0 Å². The van der Waals surface area contributed by atoms with Gasteiger partial charge in [0.1, 0.15) is 10.1 Å². The molecule has 5 aromatic carbocycles. The molecule has 1 N–H and O–H groups in total. The Bertz CT molecular complexity index is 1620. The molecule has 0 bridgehead atoms. The molecule has 5 nitrogen and oxygen atoms in total. The van der Waals surface area contributed by atoms with Crippen molar-refractivity contribution in [1.82, 2.24) is 0 Å². The Morgan fingerprint density at radius 1 is 0.436 bits per heavy atom. The van der Waals surface area contributed by atoms with E-state index >= 15 is 0 Å². The monoisotopic (exact) mass is 519 g/mol. The standard InChI is InChI=1S/C31H21O4S.2Li.H2O/c32-21-22-1-3-23(4-2-22)24-5-7-25(8-6-24)26-9-11-27(12-10-26)28-13-15-29(16-14-28)30-17-19-31(20-18-30)36(33,34)35;;;/h1-20H,(H,33,34,35);;;1H2/q-1;2*+1;/p-2. The fourth-order valence-electron chi connectivity index (χ4n) is 4.11. The first-order chi connectivity index (χ1) is 17.4. The van der Waals surface area contributed by atoms with Crippen molar-refractivity contribution < 1.29 is 61.0 Å². The van der Waals surface area contributed by atoms with Crippen LogP contribution >= 0.6 is 0 Å². The first kappa shape index (κ1) is 32.0. The van der Waals surface area contributed by atoms with Crippen LogP contribution in [0.2, 0.25) is 0 Å². The molecule has 184 valence electrons. The van der Waals surface area contributed by atoms with E-state index in [1.165, 1.54) is 12.1 Å². The van der Waals surface area contributed by atoms with Gasteiger partial charge in [0.2, 0.25) is 0 Å². The fourth-order valence-corrected chi connectivity index (χ4v) is 4.58. The van der Waals surface area contributed by atoms with Crippen molar-refractivity contribution in [3.05, 3.63) is 127 Å². The van der Waals surface area contributed by atoms with Gasteiger partial charge in [-0.1, -0.05) is 84.9 Å². The maximum Gasteiger partial charge on any atom is 1.00 e. The van der Waals surface area contributed by atoms with Gasteiger partial charge in [0.25, 0.3) is 0 Å². The molecule has 0 aliphatic carbocycles. The van der Waals surface area contributed by atoms with Crippen LogP contribution in [0, 0.1) is 0 Å². The van der Waals surface area contributed by atoms with Crippen LogP contribution in [0.15, 0.2) is 126 Å². The minimum Gasteiger partial charge on any atom is -0.870 e. The minimum absolute atomic E-state index is 0. The van der Waals surface area contributed by atoms with Crippen molar-refractivity contribution >= 4 is 16.4 Å². The van der Waals surface area contributed by atoms with E-state index in [1.807, 2.05) is 42.7 Å². The fraction of sp³-hybridized carbons (Fsp3) is 0. The second kappa shape index (κ2) is 13.8. The summed E-state index contributed by atoms with van der Waals surface area (Å²) in [6.45, 7) is 0. The maximum atomic E-state index is 11.1. The SMILES string of the molecule is O=[C-]c1ccc(-c2ccc(-c3ccc(-c4ccc(-c5ccc(S(=O)(=O)[O-])cc5)cc4)cc3)cc2)cc1.[Li+].[Li+].[OH-]. The molecule has 0 atom stereocenters. The van der Waals surface area contributed by atoms with E-state index in [1.54, 1.807) is 24.3 Å². The van der Waals surface area contributed by atoms with E-state index in [4.69, 9.17) is 0 Å². The Labute approximate surface area is 252 Å². The Morgan fingerprint density at radius 2 is 0.641 bits per heavy atom. The first-order valence-electron chi connectivity index (χ1n) is 11.3. The van der Waals surface area contributed by atoms with Crippen molar-refractivity contribution in [1.29, 1.82) is 0 Å². The summed E-state index contributed by atoms with van der Waals surface area (Å²) in [4.78, 5) is 10.5. The average molecular weight is 519 g/mol. The molecule has 0 amide bonds. The van der Waals surface area contributed by atoms with E-state index in [2.05, 4.69) is 48.5 Å². The smallest absolute Gasteiger partial charge is 0.870 e. The van der Waals surface area contributed by atoms with Crippen LogP contribution in [0.5, 0.6) is 0 Å². The molecule has 0 aliphatic rings. The maximum absolute atomic E-state index is 11.1. The van der Waals surface area contributed by atoms with E-state index in [-0.39, 0.29) is 48.1 Å². The van der Waals surface area contributed by atoms with Crippen molar-refractivity contribution in [2.45, 2.75) is 4.90 Å². The summed E-state index contributed by atoms with van der Waals surface area (Å²) in [5.41, 5.74) is 8.82. The zero-order chi connectivity index (χ0) is 25.1. The van der Waals surface area contributed by atoms with Gasteiger partial charge in [-0.15, -0.1) is 12.1 Å². The van der Waals surface area contributed by atoms with Gasteiger partial charge in [0.15, 0.2) is 0 Å². The molecule has 0 unspecified atom stereocenters. The van der Waals surface area contributed by atoms with Crippen molar-refractivity contribution in [2.24, 2.45) is 0 Å². The molecule has 0 aliphatic heterocycles. The number of hydrogen-bond donors (Lipinski definition) is 0. The summed E-state index contributed by atoms with van der Waals surface area (Å²) in [5, 5.41) is 0. The van der Waals surface area contributed by atoms with Gasteiger partial charge in [-0.3, -0.25) is 0 Å². The van der Waals surface area contributed by atoms with E-state index in [0.717, 1.165) is 44.5 Å². The van der Waals surface area contributed by atoms with E-state index in [9.17, 15) is 17.8 Å². The van der Waals surface area contributed by atoms with Gasteiger partial charge in [-0.05, 0) is 56.6 Å². The molecule has 0 radical (unpaired) electrons. The molecular weight excluding hydrogens is 498 g/mol. The van der Waals surface area contributed by atoms with Gasteiger partial charge in [0, 0.05) is 0 Å². The molecular formula is C31H21Li2O5S-. The number of benzene rings is 5. The van der Waals surface area contributed by atoms with Crippen LogP contribution in [0.4, 0.5) is 0 Å². The summed E-state index contributed by atoms with van der Waals surface area (Å²) in [6, 6.07) is 38.0. The van der Waals surface area contributed by atoms with Crippen LogP contribution in [-0.2, 0) is 14.9 Å². The summed E-state index contributed by atoms with van der Waals surface area (Å²) in [7, 11) is -4.45. The summed E-state index contributed by atoms with van der Waals surface area (Å²) in [6.07, 6.45) is 1.89. The summed E-state index contributed by atoms with van der Waals surface area (Å²) in [5.74, 6) is 0. The van der Waals surface area contributed by atoms with Crippen LogP contribution < -0.4 is 37.7 Å². The van der Waals surface area contributed by atoms with Gasteiger partial charge in [-0.25, -0.2) is 8.42 Å². The van der Waals surface area contributed by atoms with Gasteiger partial charge >= 0.3 is 37.7 Å². The molecule has 0 saturated carbocycles. The third kappa shape index (κ3) is 7.48.